The summed E-state index contributed by atoms with van der Waals surface area (Å²) in [4.78, 5) is 7.36. The van der Waals surface area contributed by atoms with Gasteiger partial charge in [-0.1, -0.05) is 36.8 Å². The quantitative estimate of drug-likeness (QED) is 0.415. The number of halogens is 1. The molecular formula is C20H29IN6. The van der Waals surface area contributed by atoms with Gasteiger partial charge in [-0.2, -0.15) is 0 Å². The van der Waals surface area contributed by atoms with Crippen molar-refractivity contribution in [3.63, 3.8) is 0 Å². The Morgan fingerprint density at radius 3 is 2.56 bits per heavy atom. The van der Waals surface area contributed by atoms with Gasteiger partial charge in [0.05, 0.1) is 13.1 Å². The third kappa shape index (κ3) is 4.44. The molecule has 1 aliphatic carbocycles. The molecule has 4 rings (SSSR count). The number of hydrogen-bond acceptors (Lipinski definition) is 3. The molecule has 7 heteroatoms. The lowest BCUT2D eigenvalue weighted by atomic mass is 9.68. The summed E-state index contributed by atoms with van der Waals surface area (Å²) in [5.41, 5.74) is 1.79. The van der Waals surface area contributed by atoms with Gasteiger partial charge in [0.15, 0.2) is 11.8 Å². The van der Waals surface area contributed by atoms with Crippen molar-refractivity contribution in [2.45, 2.75) is 45.7 Å². The molecule has 0 radical (unpaired) electrons. The molecule has 0 amide bonds. The summed E-state index contributed by atoms with van der Waals surface area (Å²) in [5.74, 6) is 2.87. The highest BCUT2D eigenvalue weighted by atomic mass is 127. The van der Waals surface area contributed by atoms with Gasteiger partial charge in [0.1, 0.15) is 5.82 Å². The van der Waals surface area contributed by atoms with E-state index in [0.29, 0.717) is 18.5 Å². The van der Waals surface area contributed by atoms with E-state index in [-0.39, 0.29) is 24.0 Å². The van der Waals surface area contributed by atoms with Crippen LogP contribution >= 0.6 is 24.0 Å². The zero-order chi connectivity index (χ0) is 18.0. The molecule has 6 nitrogen and oxygen atoms in total. The maximum absolute atomic E-state index is 4.93. The van der Waals surface area contributed by atoms with E-state index < -0.39 is 0 Å². The molecule has 146 valence electrons. The van der Waals surface area contributed by atoms with Gasteiger partial charge in [-0.15, -0.1) is 34.2 Å². The first-order chi connectivity index (χ1) is 12.7. The molecule has 0 bridgehead atoms. The SMILES string of the molecule is Cc1nnc(CNC(=NCc2ccccc2)N2CCC3(CCC3)C2)n1C.I. The summed E-state index contributed by atoms with van der Waals surface area (Å²) in [6.07, 6.45) is 5.42. The van der Waals surface area contributed by atoms with Gasteiger partial charge in [0.25, 0.3) is 0 Å². The van der Waals surface area contributed by atoms with Gasteiger partial charge >= 0.3 is 0 Å². The minimum atomic E-state index is 0. The number of rotatable bonds is 4. The number of aliphatic imine (C=N–C) groups is 1. The van der Waals surface area contributed by atoms with E-state index >= 15 is 0 Å². The van der Waals surface area contributed by atoms with Crippen LogP contribution in [0, 0.1) is 12.3 Å². The standard InChI is InChI=1S/C20H28N6.HI/c1-16-23-24-18(25(16)2)14-22-19(21-13-17-7-4-3-5-8-17)26-12-11-20(15-26)9-6-10-20;/h3-5,7-8H,6,9-15H2,1-2H3,(H,21,22);1H. The number of aryl methyl sites for hydroxylation is 1. The predicted octanol–water partition coefficient (Wildman–Crippen LogP) is 3.26. The molecule has 1 aliphatic heterocycles. The molecule has 27 heavy (non-hydrogen) atoms. The molecule has 2 aliphatic rings. The van der Waals surface area contributed by atoms with Crippen LogP contribution in [0.15, 0.2) is 35.3 Å². The average Bonchev–Trinajstić information content (AvgIpc) is 3.22. The molecular weight excluding hydrogens is 451 g/mol. The molecule has 2 aromatic rings. The fraction of sp³-hybridized carbons (Fsp3) is 0.550. The number of nitrogens with zero attached hydrogens (tertiary/aromatic N) is 5. The first-order valence-corrected chi connectivity index (χ1v) is 9.57. The smallest absolute Gasteiger partial charge is 0.194 e. The number of guanidine groups is 1. The Kier molecular flexibility index (Phi) is 6.39. The molecule has 1 spiro atoms. The topological polar surface area (TPSA) is 58.3 Å². The van der Waals surface area contributed by atoms with Crippen LogP contribution < -0.4 is 5.32 Å². The van der Waals surface area contributed by atoms with Crippen LogP contribution in [-0.2, 0) is 20.1 Å². The van der Waals surface area contributed by atoms with Gasteiger partial charge in [0, 0.05) is 20.1 Å². The van der Waals surface area contributed by atoms with Crippen LogP contribution in [-0.4, -0.2) is 38.7 Å². The molecule has 1 saturated heterocycles. The van der Waals surface area contributed by atoms with E-state index in [2.05, 4.69) is 44.7 Å². The predicted molar refractivity (Wildman–Crippen MR) is 118 cm³/mol. The first-order valence-electron chi connectivity index (χ1n) is 9.57. The van der Waals surface area contributed by atoms with E-state index in [1.807, 2.05) is 24.6 Å². The highest BCUT2D eigenvalue weighted by molar-refractivity contribution is 14.0. The molecule has 1 aromatic heterocycles. The Morgan fingerprint density at radius 1 is 1.19 bits per heavy atom. The summed E-state index contributed by atoms with van der Waals surface area (Å²) in [6, 6.07) is 10.4. The van der Waals surface area contributed by atoms with E-state index in [9.17, 15) is 0 Å². The number of hydrogen-bond donors (Lipinski definition) is 1. The van der Waals surface area contributed by atoms with Crippen molar-refractivity contribution in [1.29, 1.82) is 0 Å². The van der Waals surface area contributed by atoms with Gasteiger partial charge in [0.2, 0.25) is 0 Å². The molecule has 0 atom stereocenters. The van der Waals surface area contributed by atoms with Crippen molar-refractivity contribution in [2.75, 3.05) is 13.1 Å². The number of benzene rings is 1. The van der Waals surface area contributed by atoms with Gasteiger partial charge in [-0.25, -0.2) is 4.99 Å². The van der Waals surface area contributed by atoms with Gasteiger partial charge in [-0.3, -0.25) is 0 Å². The summed E-state index contributed by atoms with van der Waals surface area (Å²) >= 11 is 0. The van der Waals surface area contributed by atoms with E-state index in [1.54, 1.807) is 0 Å². The highest BCUT2D eigenvalue weighted by Crippen LogP contribution is 2.47. The summed E-state index contributed by atoms with van der Waals surface area (Å²) in [6.45, 7) is 5.55. The summed E-state index contributed by atoms with van der Waals surface area (Å²) < 4.78 is 2.03. The Bertz CT molecular complexity index is 781. The maximum atomic E-state index is 4.93. The van der Waals surface area contributed by atoms with E-state index in [1.165, 1.54) is 31.2 Å². The maximum Gasteiger partial charge on any atom is 0.194 e. The Balaban J connectivity index is 0.00000210. The van der Waals surface area contributed by atoms with Crippen molar-refractivity contribution >= 4 is 29.9 Å². The van der Waals surface area contributed by atoms with Crippen LogP contribution in [0.5, 0.6) is 0 Å². The minimum absolute atomic E-state index is 0. The molecule has 1 saturated carbocycles. The van der Waals surface area contributed by atoms with Crippen molar-refractivity contribution < 1.29 is 0 Å². The normalized spacial score (nSPS) is 18.3. The molecule has 2 heterocycles. The highest BCUT2D eigenvalue weighted by Gasteiger charge is 2.43. The Hall–Kier alpha value is -1.64. The molecule has 0 unspecified atom stereocenters. The van der Waals surface area contributed by atoms with Crippen LogP contribution in [0.2, 0.25) is 0 Å². The fourth-order valence-electron chi connectivity index (χ4n) is 3.98. The molecule has 1 aromatic carbocycles. The lowest BCUT2D eigenvalue weighted by molar-refractivity contribution is 0.151. The monoisotopic (exact) mass is 480 g/mol. The zero-order valence-electron chi connectivity index (χ0n) is 16.2. The molecule has 2 fully saturated rings. The second-order valence-electron chi connectivity index (χ2n) is 7.73. The third-order valence-electron chi connectivity index (χ3n) is 5.99. The van der Waals surface area contributed by atoms with Gasteiger partial charge < -0.3 is 14.8 Å². The number of likely N-dealkylation sites (tertiary alicyclic amines) is 1. The number of nitrogens with one attached hydrogen (secondary N) is 1. The van der Waals surface area contributed by atoms with E-state index in [4.69, 9.17) is 4.99 Å². The van der Waals surface area contributed by atoms with Crippen molar-refractivity contribution in [3.8, 4) is 0 Å². The van der Waals surface area contributed by atoms with Crippen LogP contribution in [0.4, 0.5) is 0 Å². The summed E-state index contributed by atoms with van der Waals surface area (Å²) in [5, 5.41) is 12.0. The van der Waals surface area contributed by atoms with E-state index in [0.717, 1.165) is 30.7 Å². The Labute approximate surface area is 178 Å². The van der Waals surface area contributed by atoms with Gasteiger partial charge in [-0.05, 0) is 37.2 Å². The molecule has 1 N–H and O–H groups in total. The van der Waals surface area contributed by atoms with Crippen LogP contribution in [0.1, 0.15) is 42.9 Å². The number of aromatic nitrogens is 3. The van der Waals surface area contributed by atoms with Crippen molar-refractivity contribution in [1.82, 2.24) is 25.0 Å². The average molecular weight is 480 g/mol. The van der Waals surface area contributed by atoms with Crippen LogP contribution in [0.3, 0.4) is 0 Å². The second-order valence-corrected chi connectivity index (χ2v) is 7.73. The lowest BCUT2D eigenvalue weighted by Crippen LogP contribution is -2.42. The largest absolute Gasteiger partial charge is 0.349 e. The van der Waals surface area contributed by atoms with Crippen LogP contribution in [0.25, 0.3) is 0 Å². The Morgan fingerprint density at radius 2 is 1.96 bits per heavy atom. The first kappa shape index (κ1) is 20.1. The second kappa shape index (κ2) is 8.58. The van der Waals surface area contributed by atoms with Crippen molar-refractivity contribution in [3.05, 3.63) is 47.5 Å². The zero-order valence-corrected chi connectivity index (χ0v) is 18.5. The summed E-state index contributed by atoms with van der Waals surface area (Å²) in [7, 11) is 2.01. The fourth-order valence-corrected chi connectivity index (χ4v) is 3.98. The van der Waals surface area contributed by atoms with Crippen molar-refractivity contribution in [2.24, 2.45) is 17.5 Å². The minimum Gasteiger partial charge on any atom is -0.349 e. The third-order valence-corrected chi connectivity index (χ3v) is 5.99. The lowest BCUT2D eigenvalue weighted by Gasteiger charge is -2.38.